The number of H-pyrrole nitrogens is 1. The van der Waals surface area contributed by atoms with Gasteiger partial charge in [0.15, 0.2) is 5.43 Å². The zero-order chi connectivity index (χ0) is 11.9. The number of fused-ring (bicyclic) bond motifs is 1. The molecule has 1 amide bonds. The topological polar surface area (TPSA) is 76.0 Å². The summed E-state index contributed by atoms with van der Waals surface area (Å²) < 4.78 is 13.5. The van der Waals surface area contributed by atoms with Crippen LogP contribution in [-0.2, 0) is 0 Å². The normalized spacial score (nSPS) is 10.6. The number of halogens is 2. The highest BCUT2D eigenvalue weighted by Gasteiger charge is 2.10. The molecule has 0 aliphatic heterocycles. The first-order valence-corrected chi connectivity index (χ1v) is 4.68. The molecule has 16 heavy (non-hydrogen) atoms. The second-order valence-corrected chi connectivity index (χ2v) is 3.66. The van der Waals surface area contributed by atoms with Crippen molar-refractivity contribution in [3.63, 3.8) is 0 Å². The Kier molecular flexibility index (Phi) is 2.40. The third kappa shape index (κ3) is 1.65. The van der Waals surface area contributed by atoms with E-state index >= 15 is 0 Å². The fourth-order valence-electron chi connectivity index (χ4n) is 1.41. The van der Waals surface area contributed by atoms with Crippen molar-refractivity contribution in [2.75, 3.05) is 0 Å². The highest BCUT2D eigenvalue weighted by Crippen LogP contribution is 2.19. The monoisotopic (exact) mass is 240 g/mol. The van der Waals surface area contributed by atoms with Crippen molar-refractivity contribution in [1.82, 2.24) is 4.98 Å². The van der Waals surface area contributed by atoms with Gasteiger partial charge in [0.25, 0.3) is 5.91 Å². The minimum atomic E-state index is -0.826. The van der Waals surface area contributed by atoms with Crippen molar-refractivity contribution in [2.24, 2.45) is 5.73 Å². The average molecular weight is 241 g/mol. The Morgan fingerprint density at radius 1 is 1.38 bits per heavy atom. The Bertz CT molecular complexity index is 651. The summed E-state index contributed by atoms with van der Waals surface area (Å²) in [4.78, 5) is 24.9. The molecule has 6 heteroatoms. The summed E-state index contributed by atoms with van der Waals surface area (Å²) in [6.07, 6.45) is 0. The number of rotatable bonds is 1. The van der Waals surface area contributed by atoms with E-state index in [9.17, 15) is 14.0 Å². The molecule has 0 radical (unpaired) electrons. The standard InChI is InChI=1S/C10H6ClFN2O2/c11-4-1-5-8(15)3-7(10(13)16)14-9(5)6(12)2-4/h1-3H,(H2,13,16)(H,14,15). The first-order chi connectivity index (χ1) is 7.49. The minimum absolute atomic E-state index is 0.0781. The lowest BCUT2D eigenvalue weighted by Crippen LogP contribution is -2.17. The molecule has 3 N–H and O–H groups in total. The average Bonchev–Trinajstić information content (AvgIpc) is 2.19. The molecular weight excluding hydrogens is 235 g/mol. The predicted molar refractivity (Wildman–Crippen MR) is 58.1 cm³/mol. The number of hydrogen-bond acceptors (Lipinski definition) is 2. The minimum Gasteiger partial charge on any atom is -0.364 e. The van der Waals surface area contributed by atoms with Crippen molar-refractivity contribution in [1.29, 1.82) is 0 Å². The maximum absolute atomic E-state index is 13.5. The molecule has 0 fully saturated rings. The Labute approximate surface area is 93.8 Å². The second kappa shape index (κ2) is 3.61. The highest BCUT2D eigenvalue weighted by molar-refractivity contribution is 6.31. The van der Waals surface area contributed by atoms with Crippen LogP contribution in [0.3, 0.4) is 0 Å². The summed E-state index contributed by atoms with van der Waals surface area (Å²) in [5, 5.41) is 0.192. The highest BCUT2D eigenvalue weighted by atomic mass is 35.5. The quantitative estimate of drug-likeness (QED) is 0.791. The fourth-order valence-corrected chi connectivity index (χ4v) is 1.61. The van der Waals surface area contributed by atoms with E-state index in [2.05, 4.69) is 4.98 Å². The van der Waals surface area contributed by atoms with Gasteiger partial charge in [-0.1, -0.05) is 11.6 Å². The molecule has 0 atom stereocenters. The van der Waals surface area contributed by atoms with Gasteiger partial charge in [-0.25, -0.2) is 4.39 Å². The smallest absolute Gasteiger partial charge is 0.265 e. The van der Waals surface area contributed by atoms with Crippen molar-refractivity contribution < 1.29 is 9.18 Å². The molecular formula is C10H6ClFN2O2. The molecule has 0 saturated carbocycles. The van der Waals surface area contributed by atoms with Gasteiger partial charge in [-0.3, -0.25) is 9.59 Å². The van der Waals surface area contributed by atoms with Crippen molar-refractivity contribution >= 4 is 28.4 Å². The zero-order valence-electron chi connectivity index (χ0n) is 7.88. The molecule has 0 aliphatic rings. The summed E-state index contributed by atoms with van der Waals surface area (Å²) in [6.45, 7) is 0. The van der Waals surface area contributed by atoms with E-state index in [1.807, 2.05) is 0 Å². The number of nitrogens with two attached hydrogens (primary N) is 1. The molecule has 82 valence electrons. The van der Waals surface area contributed by atoms with E-state index < -0.39 is 17.2 Å². The van der Waals surface area contributed by atoms with Gasteiger partial charge in [0, 0.05) is 16.5 Å². The molecule has 0 bridgehead atoms. The molecule has 0 aliphatic carbocycles. The third-order valence-electron chi connectivity index (χ3n) is 2.12. The summed E-state index contributed by atoms with van der Waals surface area (Å²) in [6, 6.07) is 3.38. The van der Waals surface area contributed by atoms with Gasteiger partial charge in [-0.2, -0.15) is 0 Å². The van der Waals surface area contributed by atoms with Gasteiger partial charge >= 0.3 is 0 Å². The first kappa shape index (κ1) is 10.6. The lowest BCUT2D eigenvalue weighted by molar-refractivity contribution is 0.0996. The fraction of sp³-hybridized carbons (Fsp3) is 0. The van der Waals surface area contributed by atoms with Gasteiger partial charge in [-0.15, -0.1) is 0 Å². The number of pyridine rings is 1. The van der Waals surface area contributed by atoms with Crippen molar-refractivity contribution in [3.8, 4) is 0 Å². The SMILES string of the molecule is NC(=O)c1cc(=O)c2cc(Cl)cc(F)c2[nH]1. The van der Waals surface area contributed by atoms with E-state index in [4.69, 9.17) is 17.3 Å². The number of aromatic nitrogens is 1. The summed E-state index contributed by atoms with van der Waals surface area (Å²) >= 11 is 5.61. The van der Waals surface area contributed by atoms with Gasteiger partial charge < -0.3 is 10.7 Å². The number of carbonyl (C=O) groups is 1. The van der Waals surface area contributed by atoms with Crippen LogP contribution in [0.25, 0.3) is 10.9 Å². The number of amides is 1. The van der Waals surface area contributed by atoms with Crippen molar-refractivity contribution in [3.05, 3.63) is 45.0 Å². The number of aromatic amines is 1. The van der Waals surface area contributed by atoms with Crippen molar-refractivity contribution in [2.45, 2.75) is 0 Å². The second-order valence-electron chi connectivity index (χ2n) is 3.22. The van der Waals surface area contributed by atoms with Gasteiger partial charge in [0.05, 0.1) is 5.52 Å². The van der Waals surface area contributed by atoms with Gasteiger partial charge in [0.1, 0.15) is 11.5 Å². The number of nitrogens with one attached hydrogen (secondary N) is 1. The van der Waals surface area contributed by atoms with Crippen LogP contribution in [0.5, 0.6) is 0 Å². The lowest BCUT2D eigenvalue weighted by Gasteiger charge is -2.02. The predicted octanol–water partition coefficient (Wildman–Crippen LogP) is 1.42. The van der Waals surface area contributed by atoms with Gasteiger partial charge in [0.2, 0.25) is 0 Å². The summed E-state index contributed by atoms with van der Waals surface area (Å²) in [7, 11) is 0. The lowest BCUT2D eigenvalue weighted by atomic mass is 10.2. The Hall–Kier alpha value is -1.88. The Balaban J connectivity index is 2.93. The Morgan fingerprint density at radius 3 is 2.69 bits per heavy atom. The molecule has 1 aromatic carbocycles. The van der Waals surface area contributed by atoms with Crippen LogP contribution in [0.15, 0.2) is 23.0 Å². The molecule has 2 rings (SSSR count). The van der Waals surface area contributed by atoms with Gasteiger partial charge in [-0.05, 0) is 12.1 Å². The zero-order valence-corrected chi connectivity index (χ0v) is 8.64. The van der Waals surface area contributed by atoms with E-state index in [-0.39, 0.29) is 21.6 Å². The maximum atomic E-state index is 13.5. The molecule has 4 nitrogen and oxygen atoms in total. The van der Waals surface area contributed by atoms with Crippen LogP contribution in [-0.4, -0.2) is 10.9 Å². The van der Waals surface area contributed by atoms with Crippen LogP contribution in [0.4, 0.5) is 4.39 Å². The molecule has 0 saturated heterocycles. The molecule has 1 heterocycles. The van der Waals surface area contributed by atoms with Crippen LogP contribution in [0.2, 0.25) is 5.02 Å². The Morgan fingerprint density at radius 2 is 2.06 bits per heavy atom. The van der Waals surface area contributed by atoms with E-state index in [1.165, 1.54) is 6.07 Å². The van der Waals surface area contributed by atoms with E-state index in [1.54, 1.807) is 0 Å². The number of benzene rings is 1. The van der Waals surface area contributed by atoms with Crippen LogP contribution < -0.4 is 11.2 Å². The van der Waals surface area contributed by atoms with Crippen LogP contribution in [0.1, 0.15) is 10.5 Å². The maximum Gasteiger partial charge on any atom is 0.265 e. The van der Waals surface area contributed by atoms with Crippen LogP contribution in [0, 0.1) is 5.82 Å². The molecule has 1 aromatic heterocycles. The summed E-state index contributed by atoms with van der Waals surface area (Å²) in [5.41, 5.74) is 4.27. The largest absolute Gasteiger partial charge is 0.364 e. The molecule has 0 unspecified atom stereocenters. The molecule has 0 spiro atoms. The number of hydrogen-bond donors (Lipinski definition) is 2. The van der Waals surface area contributed by atoms with E-state index in [0.29, 0.717) is 0 Å². The first-order valence-electron chi connectivity index (χ1n) is 4.31. The third-order valence-corrected chi connectivity index (χ3v) is 2.34. The molecule has 2 aromatic rings. The number of carbonyl (C=O) groups excluding carboxylic acids is 1. The number of primary amides is 1. The summed E-state index contributed by atoms with van der Waals surface area (Å²) in [5.74, 6) is -1.53. The van der Waals surface area contributed by atoms with Crippen LogP contribution >= 0.6 is 11.6 Å². The van der Waals surface area contributed by atoms with E-state index in [0.717, 1.165) is 12.1 Å².